The zero-order valence-corrected chi connectivity index (χ0v) is 5.09. The minimum absolute atomic E-state index is 0.0278. The predicted octanol–water partition coefficient (Wildman–Crippen LogP) is 0.279. The summed E-state index contributed by atoms with van der Waals surface area (Å²) in [6, 6.07) is 0. The molecule has 3 nitrogen and oxygen atoms in total. The quantitative estimate of drug-likeness (QED) is 0.596. The zero-order valence-electron chi connectivity index (χ0n) is 5.09. The molecule has 0 atom stereocenters. The Kier molecular flexibility index (Phi) is 1.85. The van der Waals surface area contributed by atoms with Crippen molar-refractivity contribution in [1.82, 2.24) is 9.97 Å². The van der Waals surface area contributed by atoms with E-state index in [1.165, 1.54) is 0 Å². The molecule has 0 aliphatic carbocycles. The van der Waals surface area contributed by atoms with Crippen molar-refractivity contribution in [2.24, 2.45) is 0 Å². The number of imidazole rings is 1. The Morgan fingerprint density at radius 1 is 1.78 bits per heavy atom. The molecule has 3 heteroatoms. The number of hydrogen-bond donors (Lipinski definition) is 2. The highest BCUT2D eigenvalue weighted by molar-refractivity contribution is 5.00. The van der Waals surface area contributed by atoms with Crippen molar-refractivity contribution in [2.75, 3.05) is 0 Å². The maximum absolute atomic E-state index is 8.53. The molecule has 0 aromatic carbocycles. The molecule has 1 aromatic rings. The van der Waals surface area contributed by atoms with Gasteiger partial charge < -0.3 is 10.1 Å². The smallest absolute Gasteiger partial charge is 0.132 e. The molecular formula is C6H9N2O. The Morgan fingerprint density at radius 2 is 2.56 bits per heavy atom. The third-order valence-corrected chi connectivity index (χ3v) is 1.09. The van der Waals surface area contributed by atoms with Crippen LogP contribution in [0.1, 0.15) is 11.5 Å². The van der Waals surface area contributed by atoms with Gasteiger partial charge in [-0.1, -0.05) is 0 Å². The lowest BCUT2D eigenvalue weighted by Gasteiger charge is -1.82. The maximum Gasteiger partial charge on any atom is 0.132 e. The number of H-pyrrole nitrogens is 1. The molecule has 2 N–H and O–H groups in total. The van der Waals surface area contributed by atoms with Crippen LogP contribution in [-0.4, -0.2) is 15.1 Å². The fraction of sp³-hybridized carbons (Fsp3) is 0.333. The van der Waals surface area contributed by atoms with E-state index in [-0.39, 0.29) is 6.61 Å². The van der Waals surface area contributed by atoms with E-state index in [2.05, 4.69) is 16.9 Å². The molecule has 0 aliphatic heterocycles. The van der Waals surface area contributed by atoms with Crippen LogP contribution in [0.3, 0.4) is 0 Å². The van der Waals surface area contributed by atoms with Gasteiger partial charge in [-0.15, -0.1) is 0 Å². The van der Waals surface area contributed by atoms with E-state index < -0.39 is 0 Å². The van der Waals surface area contributed by atoms with Gasteiger partial charge in [0.15, 0.2) is 0 Å². The minimum atomic E-state index is -0.0278. The van der Waals surface area contributed by atoms with Gasteiger partial charge >= 0.3 is 0 Å². The van der Waals surface area contributed by atoms with Crippen molar-refractivity contribution in [3.8, 4) is 0 Å². The fourth-order valence-corrected chi connectivity index (χ4v) is 0.614. The van der Waals surface area contributed by atoms with E-state index in [9.17, 15) is 0 Å². The van der Waals surface area contributed by atoms with Crippen molar-refractivity contribution >= 4 is 0 Å². The van der Waals surface area contributed by atoms with E-state index in [0.717, 1.165) is 5.69 Å². The summed E-state index contributed by atoms with van der Waals surface area (Å²) in [4.78, 5) is 6.78. The second-order valence-electron chi connectivity index (χ2n) is 1.75. The fourth-order valence-electron chi connectivity index (χ4n) is 0.614. The molecule has 0 spiro atoms. The van der Waals surface area contributed by atoms with Gasteiger partial charge in [-0.25, -0.2) is 4.98 Å². The lowest BCUT2D eigenvalue weighted by Crippen LogP contribution is -1.85. The highest BCUT2D eigenvalue weighted by Crippen LogP contribution is 1.95. The van der Waals surface area contributed by atoms with E-state index >= 15 is 0 Å². The zero-order chi connectivity index (χ0) is 6.69. The van der Waals surface area contributed by atoms with Crippen LogP contribution in [0.2, 0.25) is 0 Å². The van der Waals surface area contributed by atoms with Crippen LogP contribution in [0.15, 0.2) is 6.20 Å². The average Bonchev–Trinajstić information content (AvgIpc) is 2.34. The first kappa shape index (κ1) is 6.29. The highest BCUT2D eigenvalue weighted by Gasteiger charge is 1.94. The summed E-state index contributed by atoms with van der Waals surface area (Å²) in [5, 5.41) is 8.53. The number of nitrogens with one attached hydrogen (secondary N) is 1. The van der Waals surface area contributed by atoms with Crippen LogP contribution in [0.25, 0.3) is 0 Å². The van der Waals surface area contributed by atoms with E-state index in [1.807, 2.05) is 0 Å². The van der Waals surface area contributed by atoms with Gasteiger partial charge in [-0.3, -0.25) is 0 Å². The summed E-state index contributed by atoms with van der Waals surface area (Å²) >= 11 is 0. The lowest BCUT2D eigenvalue weighted by molar-refractivity contribution is 0.272. The third-order valence-electron chi connectivity index (χ3n) is 1.09. The minimum Gasteiger partial charge on any atom is -0.388 e. The Balaban J connectivity index is 2.74. The first-order valence-electron chi connectivity index (χ1n) is 2.80. The molecule has 0 fully saturated rings. The summed E-state index contributed by atoms with van der Waals surface area (Å²) in [5.41, 5.74) is 0.888. The molecule has 1 rings (SSSR count). The van der Waals surface area contributed by atoms with E-state index in [0.29, 0.717) is 12.2 Å². The molecule has 0 amide bonds. The first-order chi connectivity index (χ1) is 4.36. The molecule has 0 unspecified atom stereocenters. The third kappa shape index (κ3) is 1.29. The first-order valence-corrected chi connectivity index (χ1v) is 2.80. The largest absolute Gasteiger partial charge is 0.388 e. The molecule has 1 aromatic heterocycles. The SMILES string of the molecule is [CH2]Cc1c[nH]c(CO)n1. The number of aromatic nitrogens is 2. The highest BCUT2D eigenvalue weighted by atomic mass is 16.3. The Morgan fingerprint density at radius 3 is 2.89 bits per heavy atom. The van der Waals surface area contributed by atoms with Gasteiger partial charge in [0.2, 0.25) is 0 Å². The number of nitrogens with zero attached hydrogens (tertiary/aromatic N) is 1. The number of hydrogen-bond acceptors (Lipinski definition) is 2. The van der Waals surface area contributed by atoms with Gasteiger partial charge in [0.25, 0.3) is 0 Å². The second-order valence-corrected chi connectivity index (χ2v) is 1.75. The van der Waals surface area contributed by atoms with Gasteiger partial charge in [-0.05, 0) is 13.3 Å². The summed E-state index contributed by atoms with van der Waals surface area (Å²) < 4.78 is 0. The van der Waals surface area contributed by atoms with Crippen molar-refractivity contribution in [3.05, 3.63) is 24.6 Å². The van der Waals surface area contributed by atoms with E-state index in [4.69, 9.17) is 5.11 Å². The van der Waals surface area contributed by atoms with Crippen LogP contribution in [0.5, 0.6) is 0 Å². The van der Waals surface area contributed by atoms with Crippen molar-refractivity contribution in [1.29, 1.82) is 0 Å². The van der Waals surface area contributed by atoms with Gasteiger partial charge in [-0.2, -0.15) is 0 Å². The molecular weight excluding hydrogens is 116 g/mol. The molecule has 0 saturated heterocycles. The summed E-state index contributed by atoms with van der Waals surface area (Å²) in [7, 11) is 0. The monoisotopic (exact) mass is 125 g/mol. The van der Waals surface area contributed by atoms with Crippen LogP contribution < -0.4 is 0 Å². The normalized spacial score (nSPS) is 10.0. The van der Waals surface area contributed by atoms with Crippen molar-refractivity contribution in [3.63, 3.8) is 0 Å². The Labute approximate surface area is 53.7 Å². The topological polar surface area (TPSA) is 48.9 Å². The predicted molar refractivity (Wildman–Crippen MR) is 33.6 cm³/mol. The molecule has 0 aliphatic rings. The van der Waals surface area contributed by atoms with Crippen LogP contribution in [0.4, 0.5) is 0 Å². The van der Waals surface area contributed by atoms with Crippen LogP contribution in [0, 0.1) is 6.92 Å². The lowest BCUT2D eigenvalue weighted by atomic mass is 10.4. The maximum atomic E-state index is 8.53. The molecule has 49 valence electrons. The summed E-state index contributed by atoms with van der Waals surface area (Å²) in [6.07, 6.45) is 2.41. The number of aliphatic hydroxyl groups is 1. The Bertz CT molecular complexity index is 164. The molecule has 1 radical (unpaired) electrons. The van der Waals surface area contributed by atoms with Crippen molar-refractivity contribution in [2.45, 2.75) is 13.0 Å². The van der Waals surface area contributed by atoms with Gasteiger partial charge in [0.05, 0.1) is 5.69 Å². The van der Waals surface area contributed by atoms with Crippen LogP contribution >= 0.6 is 0 Å². The summed E-state index contributed by atoms with van der Waals surface area (Å²) in [5.74, 6) is 0.605. The van der Waals surface area contributed by atoms with Crippen molar-refractivity contribution < 1.29 is 5.11 Å². The molecule has 9 heavy (non-hydrogen) atoms. The Hall–Kier alpha value is -0.830. The van der Waals surface area contributed by atoms with Crippen LogP contribution in [-0.2, 0) is 13.0 Å². The molecule has 0 saturated carbocycles. The number of aromatic amines is 1. The summed E-state index contributed by atoms with van der Waals surface area (Å²) in [6.45, 7) is 3.61. The average molecular weight is 125 g/mol. The standard InChI is InChI=1S/C6H9N2O/c1-2-5-3-7-6(4-9)8-5/h3,9H,1-2,4H2,(H,7,8). The molecule has 1 heterocycles. The second kappa shape index (κ2) is 2.64. The number of rotatable bonds is 2. The van der Waals surface area contributed by atoms with Gasteiger partial charge in [0, 0.05) is 6.20 Å². The van der Waals surface area contributed by atoms with E-state index in [1.54, 1.807) is 6.20 Å². The molecule has 0 bridgehead atoms. The number of aliphatic hydroxyl groups excluding tert-OH is 1. The van der Waals surface area contributed by atoms with Gasteiger partial charge in [0.1, 0.15) is 12.4 Å².